The monoisotopic (exact) mass is 356 g/mol. The van der Waals surface area contributed by atoms with Crippen molar-refractivity contribution in [2.75, 3.05) is 25.0 Å². The first kappa shape index (κ1) is 17.9. The largest absolute Gasteiger partial charge is 0.481 e. The number of benzene rings is 2. The fraction of sp³-hybridized carbons (Fsp3) is 0.300. The molecule has 1 saturated heterocycles. The van der Waals surface area contributed by atoms with Gasteiger partial charge >= 0.3 is 0 Å². The Balaban J connectivity index is 1.43. The van der Waals surface area contributed by atoms with Gasteiger partial charge < -0.3 is 15.0 Å². The van der Waals surface area contributed by atoms with E-state index >= 15 is 0 Å². The van der Waals surface area contributed by atoms with Crippen molar-refractivity contribution in [3.05, 3.63) is 59.9 Å². The SMILES string of the molecule is CCc1ccc(NC(=O)C2CN(C(=O)COc3ccccc3F)C2)cc1. The van der Waals surface area contributed by atoms with Gasteiger partial charge in [0.15, 0.2) is 18.2 Å². The van der Waals surface area contributed by atoms with Gasteiger partial charge in [-0.05, 0) is 36.2 Å². The molecule has 1 fully saturated rings. The van der Waals surface area contributed by atoms with Crippen LogP contribution in [0.2, 0.25) is 0 Å². The number of nitrogens with one attached hydrogen (secondary N) is 1. The van der Waals surface area contributed by atoms with Crippen molar-refractivity contribution >= 4 is 17.5 Å². The number of amides is 2. The van der Waals surface area contributed by atoms with Gasteiger partial charge in [0.05, 0.1) is 5.92 Å². The molecule has 26 heavy (non-hydrogen) atoms. The molecule has 1 N–H and O–H groups in total. The highest BCUT2D eigenvalue weighted by molar-refractivity contribution is 5.94. The molecule has 0 unspecified atom stereocenters. The second-order valence-corrected chi connectivity index (χ2v) is 6.25. The highest BCUT2D eigenvalue weighted by Gasteiger charge is 2.35. The van der Waals surface area contributed by atoms with Gasteiger partial charge in [-0.15, -0.1) is 0 Å². The van der Waals surface area contributed by atoms with Crippen LogP contribution in [0.1, 0.15) is 12.5 Å². The van der Waals surface area contributed by atoms with Crippen molar-refractivity contribution in [3.8, 4) is 5.75 Å². The van der Waals surface area contributed by atoms with E-state index in [2.05, 4.69) is 12.2 Å². The Morgan fingerprint density at radius 3 is 2.50 bits per heavy atom. The Morgan fingerprint density at radius 2 is 1.85 bits per heavy atom. The Kier molecular flexibility index (Phi) is 5.51. The van der Waals surface area contributed by atoms with Gasteiger partial charge in [0.1, 0.15) is 0 Å². The average molecular weight is 356 g/mol. The highest BCUT2D eigenvalue weighted by Crippen LogP contribution is 2.20. The van der Waals surface area contributed by atoms with Gasteiger partial charge in [0.25, 0.3) is 5.91 Å². The second kappa shape index (κ2) is 7.99. The summed E-state index contributed by atoms with van der Waals surface area (Å²) >= 11 is 0. The first-order chi connectivity index (χ1) is 12.6. The number of carbonyl (C=O) groups is 2. The predicted octanol–water partition coefficient (Wildman–Crippen LogP) is 2.86. The molecule has 0 bridgehead atoms. The quantitative estimate of drug-likeness (QED) is 0.866. The van der Waals surface area contributed by atoms with Crippen molar-refractivity contribution in [1.29, 1.82) is 0 Å². The lowest BCUT2D eigenvalue weighted by molar-refractivity contribution is -0.143. The summed E-state index contributed by atoms with van der Waals surface area (Å²) in [5.41, 5.74) is 1.96. The lowest BCUT2D eigenvalue weighted by Gasteiger charge is -2.38. The molecule has 1 aliphatic heterocycles. The third-order valence-corrected chi connectivity index (χ3v) is 4.42. The number of ether oxygens (including phenoxy) is 1. The molecule has 0 radical (unpaired) electrons. The third kappa shape index (κ3) is 4.20. The Bertz CT molecular complexity index is 786. The Morgan fingerprint density at radius 1 is 1.15 bits per heavy atom. The topological polar surface area (TPSA) is 58.6 Å². The summed E-state index contributed by atoms with van der Waals surface area (Å²) in [4.78, 5) is 25.8. The van der Waals surface area contributed by atoms with E-state index in [1.165, 1.54) is 22.6 Å². The summed E-state index contributed by atoms with van der Waals surface area (Å²) < 4.78 is 18.7. The molecule has 0 atom stereocenters. The number of rotatable bonds is 6. The lowest BCUT2D eigenvalue weighted by Crippen LogP contribution is -2.55. The van der Waals surface area contributed by atoms with E-state index in [0.717, 1.165) is 12.1 Å². The van der Waals surface area contributed by atoms with E-state index in [-0.39, 0.29) is 30.1 Å². The molecule has 2 aromatic rings. The number of hydrogen-bond acceptors (Lipinski definition) is 3. The minimum Gasteiger partial charge on any atom is -0.481 e. The molecule has 6 heteroatoms. The van der Waals surface area contributed by atoms with Crippen molar-refractivity contribution in [1.82, 2.24) is 4.90 Å². The first-order valence-electron chi connectivity index (χ1n) is 8.61. The standard InChI is InChI=1S/C20H21FN2O3/c1-2-14-7-9-16(10-8-14)22-20(25)15-11-23(12-15)19(24)13-26-18-6-4-3-5-17(18)21/h3-10,15H,2,11-13H2,1H3,(H,22,25). The molecule has 5 nitrogen and oxygen atoms in total. The van der Waals surface area contributed by atoms with Gasteiger partial charge in [-0.2, -0.15) is 0 Å². The Labute approximate surface area is 151 Å². The minimum absolute atomic E-state index is 0.0474. The zero-order valence-electron chi connectivity index (χ0n) is 14.6. The van der Waals surface area contributed by atoms with E-state index in [4.69, 9.17) is 4.74 Å². The van der Waals surface area contributed by atoms with E-state index in [1.54, 1.807) is 12.1 Å². The van der Waals surface area contributed by atoms with E-state index in [9.17, 15) is 14.0 Å². The van der Waals surface area contributed by atoms with Crippen molar-refractivity contribution in [2.24, 2.45) is 5.92 Å². The molecular weight excluding hydrogens is 335 g/mol. The average Bonchev–Trinajstić information content (AvgIpc) is 2.60. The number of para-hydroxylation sites is 1. The van der Waals surface area contributed by atoms with Crippen molar-refractivity contribution in [2.45, 2.75) is 13.3 Å². The number of aryl methyl sites for hydroxylation is 1. The van der Waals surface area contributed by atoms with Crippen LogP contribution in [-0.2, 0) is 16.0 Å². The molecule has 0 spiro atoms. The van der Waals surface area contributed by atoms with Crippen LogP contribution in [0.3, 0.4) is 0 Å². The maximum atomic E-state index is 13.5. The van der Waals surface area contributed by atoms with Crippen LogP contribution in [0.4, 0.5) is 10.1 Å². The Hall–Kier alpha value is -2.89. The third-order valence-electron chi connectivity index (χ3n) is 4.42. The summed E-state index contributed by atoms with van der Waals surface area (Å²) in [5, 5.41) is 2.86. The van der Waals surface area contributed by atoms with Crippen molar-refractivity contribution in [3.63, 3.8) is 0 Å². The zero-order chi connectivity index (χ0) is 18.5. The zero-order valence-corrected chi connectivity index (χ0v) is 14.6. The summed E-state index contributed by atoms with van der Waals surface area (Å²) in [7, 11) is 0. The number of nitrogens with zero attached hydrogens (tertiary/aromatic N) is 1. The fourth-order valence-electron chi connectivity index (χ4n) is 2.71. The van der Waals surface area contributed by atoms with Crippen LogP contribution >= 0.6 is 0 Å². The molecule has 3 rings (SSSR count). The van der Waals surface area contributed by atoms with E-state index in [1.807, 2.05) is 24.3 Å². The molecular formula is C20H21FN2O3. The van der Waals surface area contributed by atoms with E-state index in [0.29, 0.717) is 13.1 Å². The van der Waals surface area contributed by atoms with Crippen LogP contribution in [0, 0.1) is 11.7 Å². The molecule has 1 heterocycles. The molecule has 1 aliphatic rings. The lowest BCUT2D eigenvalue weighted by atomic mass is 9.99. The molecule has 2 aromatic carbocycles. The van der Waals surface area contributed by atoms with Gasteiger partial charge in [0.2, 0.25) is 5.91 Å². The minimum atomic E-state index is -0.504. The van der Waals surface area contributed by atoms with Crippen LogP contribution in [0.15, 0.2) is 48.5 Å². The van der Waals surface area contributed by atoms with Crippen LogP contribution < -0.4 is 10.1 Å². The second-order valence-electron chi connectivity index (χ2n) is 6.25. The van der Waals surface area contributed by atoms with Crippen LogP contribution in [0.25, 0.3) is 0 Å². The maximum absolute atomic E-state index is 13.5. The summed E-state index contributed by atoms with van der Waals surface area (Å²) in [6, 6.07) is 13.6. The smallest absolute Gasteiger partial charge is 0.260 e. The van der Waals surface area contributed by atoms with Gasteiger partial charge in [-0.25, -0.2) is 4.39 Å². The molecule has 0 aliphatic carbocycles. The number of anilines is 1. The number of likely N-dealkylation sites (tertiary alicyclic amines) is 1. The van der Waals surface area contributed by atoms with E-state index < -0.39 is 5.82 Å². The fourth-order valence-corrected chi connectivity index (χ4v) is 2.71. The summed E-state index contributed by atoms with van der Waals surface area (Å²) in [6.07, 6.45) is 0.947. The molecule has 2 amide bonds. The predicted molar refractivity (Wildman–Crippen MR) is 96.4 cm³/mol. The number of hydrogen-bond donors (Lipinski definition) is 1. The summed E-state index contributed by atoms with van der Waals surface area (Å²) in [5.74, 6) is -1.06. The summed E-state index contributed by atoms with van der Waals surface area (Å²) in [6.45, 7) is 2.52. The van der Waals surface area contributed by atoms with Gasteiger partial charge in [-0.3, -0.25) is 9.59 Å². The van der Waals surface area contributed by atoms with Crippen LogP contribution in [-0.4, -0.2) is 36.4 Å². The molecule has 0 aromatic heterocycles. The van der Waals surface area contributed by atoms with Gasteiger partial charge in [-0.1, -0.05) is 31.2 Å². The van der Waals surface area contributed by atoms with Gasteiger partial charge in [0, 0.05) is 18.8 Å². The number of halogens is 1. The molecule has 136 valence electrons. The highest BCUT2D eigenvalue weighted by atomic mass is 19.1. The van der Waals surface area contributed by atoms with Crippen LogP contribution in [0.5, 0.6) is 5.75 Å². The molecule has 0 saturated carbocycles. The number of carbonyl (C=O) groups excluding carboxylic acids is 2. The first-order valence-corrected chi connectivity index (χ1v) is 8.61. The maximum Gasteiger partial charge on any atom is 0.260 e. The normalized spacial score (nSPS) is 13.8. The van der Waals surface area contributed by atoms with Crippen molar-refractivity contribution < 1.29 is 18.7 Å².